The minimum atomic E-state index is -3.17. The smallest absolute Gasteiger partial charge is 0.175 e. The number of hydrogen-bond acceptors (Lipinski definition) is 4. The van der Waals surface area contributed by atoms with E-state index in [1.54, 1.807) is 28.9 Å². The summed E-state index contributed by atoms with van der Waals surface area (Å²) in [6.07, 6.45) is 3.19. The molecule has 2 aromatic rings. The van der Waals surface area contributed by atoms with Gasteiger partial charge in [0.05, 0.1) is 10.6 Å². The predicted molar refractivity (Wildman–Crippen MR) is 83.7 cm³/mol. The van der Waals surface area contributed by atoms with Crippen LogP contribution in [-0.2, 0) is 23.4 Å². The van der Waals surface area contributed by atoms with E-state index < -0.39 is 9.84 Å². The fraction of sp³-hybridized carbons (Fsp3) is 0.400. The zero-order valence-corrected chi connectivity index (χ0v) is 13.6. The maximum atomic E-state index is 11.5. The van der Waals surface area contributed by atoms with Crippen molar-refractivity contribution in [2.45, 2.75) is 31.3 Å². The number of benzene rings is 1. The molecule has 114 valence electrons. The maximum absolute atomic E-state index is 11.5. The molecule has 1 aromatic carbocycles. The molecule has 0 spiro atoms. The molecule has 1 aromatic heterocycles. The molecule has 0 bridgehead atoms. The predicted octanol–water partition coefficient (Wildman–Crippen LogP) is 1.99. The molecular weight excluding hydrogens is 286 g/mol. The first-order chi connectivity index (χ1) is 9.77. The van der Waals surface area contributed by atoms with Gasteiger partial charge in [0.1, 0.15) is 0 Å². The van der Waals surface area contributed by atoms with Crippen molar-refractivity contribution in [3.05, 3.63) is 36.0 Å². The maximum Gasteiger partial charge on any atom is 0.175 e. The van der Waals surface area contributed by atoms with Crippen molar-refractivity contribution in [3.63, 3.8) is 0 Å². The normalized spacial score (nSPS) is 12.0. The number of aryl methyl sites for hydroxylation is 1. The lowest BCUT2D eigenvalue weighted by Gasteiger charge is -2.08. The van der Waals surface area contributed by atoms with Crippen LogP contribution in [0, 0.1) is 0 Å². The lowest BCUT2D eigenvalue weighted by Crippen LogP contribution is -2.21. The molecule has 0 fully saturated rings. The minimum absolute atomic E-state index is 0.323. The van der Waals surface area contributed by atoms with Gasteiger partial charge in [-0.2, -0.15) is 5.10 Å². The molecular formula is C15H21N3O2S. The molecule has 0 aliphatic carbocycles. The van der Waals surface area contributed by atoms with Crippen molar-refractivity contribution in [1.29, 1.82) is 0 Å². The molecule has 0 aliphatic heterocycles. The van der Waals surface area contributed by atoms with Crippen LogP contribution >= 0.6 is 0 Å². The molecule has 5 nitrogen and oxygen atoms in total. The lowest BCUT2D eigenvalue weighted by atomic mass is 10.1. The van der Waals surface area contributed by atoms with Gasteiger partial charge in [-0.3, -0.25) is 4.68 Å². The molecule has 0 aliphatic rings. The first-order valence-electron chi connectivity index (χ1n) is 6.84. The Kier molecular flexibility index (Phi) is 4.49. The van der Waals surface area contributed by atoms with Crippen LogP contribution in [-0.4, -0.2) is 30.5 Å². The van der Waals surface area contributed by atoms with Gasteiger partial charge in [0, 0.05) is 43.2 Å². The summed E-state index contributed by atoms with van der Waals surface area (Å²) in [5.74, 6) is 0. The first-order valence-corrected chi connectivity index (χ1v) is 8.73. The standard InChI is InChI=1S/C15H21N3O2S/c1-11(2)16-9-13-10-18(3)17-15(13)12-5-7-14(8-6-12)21(4,19)20/h5-8,10-11,16H,9H2,1-4H3. The summed E-state index contributed by atoms with van der Waals surface area (Å²) in [4.78, 5) is 0.323. The first kappa shape index (κ1) is 15.7. The third-order valence-corrected chi connectivity index (χ3v) is 4.29. The average molecular weight is 307 g/mol. The van der Waals surface area contributed by atoms with E-state index in [2.05, 4.69) is 24.3 Å². The van der Waals surface area contributed by atoms with Gasteiger partial charge >= 0.3 is 0 Å². The number of rotatable bonds is 5. The van der Waals surface area contributed by atoms with Crippen molar-refractivity contribution in [3.8, 4) is 11.3 Å². The second-order valence-electron chi connectivity index (χ2n) is 5.51. The van der Waals surface area contributed by atoms with Crippen LogP contribution in [0.3, 0.4) is 0 Å². The van der Waals surface area contributed by atoms with Gasteiger partial charge in [0.15, 0.2) is 9.84 Å². The van der Waals surface area contributed by atoms with E-state index in [1.807, 2.05) is 13.2 Å². The second-order valence-corrected chi connectivity index (χ2v) is 7.52. The van der Waals surface area contributed by atoms with Gasteiger partial charge in [-0.1, -0.05) is 26.0 Å². The molecule has 0 unspecified atom stereocenters. The molecule has 0 atom stereocenters. The van der Waals surface area contributed by atoms with Crippen LogP contribution in [0.1, 0.15) is 19.4 Å². The summed E-state index contributed by atoms with van der Waals surface area (Å²) in [6, 6.07) is 7.25. The second kappa shape index (κ2) is 5.99. The number of nitrogens with zero attached hydrogens (tertiary/aromatic N) is 2. The van der Waals surface area contributed by atoms with Crippen LogP contribution in [0.5, 0.6) is 0 Å². The quantitative estimate of drug-likeness (QED) is 0.917. The Balaban J connectivity index is 2.33. The molecule has 0 saturated carbocycles. The van der Waals surface area contributed by atoms with E-state index in [0.29, 0.717) is 10.9 Å². The molecule has 21 heavy (non-hydrogen) atoms. The van der Waals surface area contributed by atoms with Crippen molar-refractivity contribution in [2.24, 2.45) is 7.05 Å². The van der Waals surface area contributed by atoms with Crippen LogP contribution in [0.15, 0.2) is 35.4 Å². The molecule has 1 heterocycles. The molecule has 0 radical (unpaired) electrons. The van der Waals surface area contributed by atoms with Crippen molar-refractivity contribution >= 4 is 9.84 Å². The SMILES string of the molecule is CC(C)NCc1cn(C)nc1-c1ccc(S(C)(=O)=O)cc1. The van der Waals surface area contributed by atoms with E-state index >= 15 is 0 Å². The van der Waals surface area contributed by atoms with Gasteiger partial charge in [-0.25, -0.2) is 8.42 Å². The van der Waals surface area contributed by atoms with Crippen molar-refractivity contribution in [2.75, 3.05) is 6.26 Å². The Labute approximate surface area is 125 Å². The number of hydrogen-bond donors (Lipinski definition) is 1. The summed E-state index contributed by atoms with van der Waals surface area (Å²) in [7, 11) is -1.28. The highest BCUT2D eigenvalue weighted by atomic mass is 32.2. The molecule has 1 N–H and O–H groups in total. The van der Waals surface area contributed by atoms with E-state index in [1.165, 1.54) is 6.26 Å². The van der Waals surface area contributed by atoms with E-state index in [9.17, 15) is 8.42 Å². The molecule has 2 rings (SSSR count). The number of sulfone groups is 1. The summed E-state index contributed by atoms with van der Waals surface area (Å²) in [5, 5.41) is 7.85. The molecule has 0 amide bonds. The Hall–Kier alpha value is -1.66. The van der Waals surface area contributed by atoms with Crippen LogP contribution in [0.4, 0.5) is 0 Å². The van der Waals surface area contributed by atoms with E-state index in [-0.39, 0.29) is 0 Å². The Bertz CT molecular complexity index is 716. The number of aromatic nitrogens is 2. The summed E-state index contributed by atoms with van der Waals surface area (Å²) in [6.45, 7) is 4.92. The Morgan fingerprint density at radius 3 is 2.38 bits per heavy atom. The summed E-state index contributed by atoms with van der Waals surface area (Å²) >= 11 is 0. The highest BCUT2D eigenvalue weighted by Crippen LogP contribution is 2.23. The monoisotopic (exact) mass is 307 g/mol. The summed E-state index contributed by atoms with van der Waals surface area (Å²) < 4.78 is 24.8. The zero-order chi connectivity index (χ0) is 15.6. The molecule has 6 heteroatoms. The highest BCUT2D eigenvalue weighted by molar-refractivity contribution is 7.90. The van der Waals surface area contributed by atoms with Crippen LogP contribution in [0.25, 0.3) is 11.3 Å². The van der Waals surface area contributed by atoms with Gasteiger partial charge in [0.2, 0.25) is 0 Å². The lowest BCUT2D eigenvalue weighted by molar-refractivity contribution is 0.589. The highest BCUT2D eigenvalue weighted by Gasteiger charge is 2.12. The van der Waals surface area contributed by atoms with Gasteiger partial charge in [-0.05, 0) is 12.1 Å². The van der Waals surface area contributed by atoms with Crippen molar-refractivity contribution in [1.82, 2.24) is 15.1 Å². The van der Waals surface area contributed by atoms with E-state index in [0.717, 1.165) is 23.4 Å². The third-order valence-electron chi connectivity index (χ3n) is 3.16. The van der Waals surface area contributed by atoms with Gasteiger partial charge in [0.25, 0.3) is 0 Å². The summed E-state index contributed by atoms with van der Waals surface area (Å²) in [5.41, 5.74) is 2.90. The van der Waals surface area contributed by atoms with Crippen LogP contribution in [0.2, 0.25) is 0 Å². The minimum Gasteiger partial charge on any atom is -0.310 e. The topological polar surface area (TPSA) is 64.0 Å². The molecule has 0 saturated heterocycles. The van der Waals surface area contributed by atoms with Gasteiger partial charge in [-0.15, -0.1) is 0 Å². The Morgan fingerprint density at radius 1 is 1.24 bits per heavy atom. The fourth-order valence-electron chi connectivity index (χ4n) is 2.08. The van der Waals surface area contributed by atoms with Crippen molar-refractivity contribution < 1.29 is 8.42 Å². The third kappa shape index (κ3) is 3.92. The van der Waals surface area contributed by atoms with Gasteiger partial charge < -0.3 is 5.32 Å². The average Bonchev–Trinajstić information content (AvgIpc) is 2.77. The largest absolute Gasteiger partial charge is 0.310 e. The fourth-order valence-corrected chi connectivity index (χ4v) is 2.71. The van der Waals surface area contributed by atoms with Crippen LogP contribution < -0.4 is 5.32 Å². The zero-order valence-electron chi connectivity index (χ0n) is 12.8. The Morgan fingerprint density at radius 2 is 1.86 bits per heavy atom. The number of nitrogens with one attached hydrogen (secondary N) is 1. The van der Waals surface area contributed by atoms with E-state index in [4.69, 9.17) is 0 Å².